The average molecular weight is 195 g/mol. The standard InChI is InChI=1S/C9H13N3O2/c1-6(13)12-4-2-7-8(3-5-12)14-9(10)11-7/h2-5H2,1H3,(H2,10,11). The molecule has 2 N–H and O–H groups in total. The topological polar surface area (TPSA) is 72.4 Å². The van der Waals surface area contributed by atoms with Crippen molar-refractivity contribution in [2.24, 2.45) is 0 Å². The van der Waals surface area contributed by atoms with E-state index < -0.39 is 0 Å². The third-order valence-corrected chi connectivity index (χ3v) is 2.47. The number of carbonyl (C=O) groups excluding carboxylic acids is 1. The van der Waals surface area contributed by atoms with E-state index in [-0.39, 0.29) is 11.9 Å². The Labute approximate surface area is 81.9 Å². The highest BCUT2D eigenvalue weighted by atomic mass is 16.4. The van der Waals surface area contributed by atoms with Gasteiger partial charge < -0.3 is 15.1 Å². The molecule has 0 bridgehead atoms. The second-order valence-electron chi connectivity index (χ2n) is 3.43. The van der Waals surface area contributed by atoms with Crippen LogP contribution in [0.15, 0.2) is 4.42 Å². The molecule has 1 aliphatic rings. The summed E-state index contributed by atoms with van der Waals surface area (Å²) in [5, 5.41) is 0. The maximum absolute atomic E-state index is 11.1. The van der Waals surface area contributed by atoms with Gasteiger partial charge in [0.2, 0.25) is 5.91 Å². The summed E-state index contributed by atoms with van der Waals surface area (Å²) in [5.74, 6) is 0.925. The predicted octanol–water partition coefficient (Wildman–Crippen LogP) is 0.204. The van der Waals surface area contributed by atoms with Crippen LogP contribution in [0, 0.1) is 0 Å². The summed E-state index contributed by atoms with van der Waals surface area (Å²) in [4.78, 5) is 17.0. The molecule has 2 rings (SSSR count). The molecule has 1 amide bonds. The molecule has 5 heteroatoms. The minimum absolute atomic E-state index is 0.100. The number of fused-ring (bicyclic) bond motifs is 1. The maximum atomic E-state index is 11.1. The number of nitrogen functional groups attached to an aromatic ring is 1. The number of nitrogens with zero attached hydrogens (tertiary/aromatic N) is 2. The van der Waals surface area contributed by atoms with Crippen molar-refractivity contribution in [2.45, 2.75) is 19.8 Å². The fourth-order valence-electron chi connectivity index (χ4n) is 1.70. The summed E-state index contributed by atoms with van der Waals surface area (Å²) in [6.45, 7) is 2.97. The molecule has 14 heavy (non-hydrogen) atoms. The normalized spacial score (nSPS) is 16.2. The Morgan fingerprint density at radius 3 is 2.93 bits per heavy atom. The van der Waals surface area contributed by atoms with Crippen molar-refractivity contribution in [2.75, 3.05) is 18.8 Å². The van der Waals surface area contributed by atoms with Gasteiger partial charge in [0.05, 0.1) is 5.69 Å². The van der Waals surface area contributed by atoms with Gasteiger partial charge >= 0.3 is 0 Å². The second-order valence-corrected chi connectivity index (χ2v) is 3.43. The van der Waals surface area contributed by atoms with Crippen molar-refractivity contribution in [3.63, 3.8) is 0 Å². The molecule has 1 aromatic heterocycles. The monoisotopic (exact) mass is 195 g/mol. The molecular weight excluding hydrogens is 182 g/mol. The van der Waals surface area contributed by atoms with Crippen molar-refractivity contribution in [1.29, 1.82) is 0 Å². The van der Waals surface area contributed by atoms with Gasteiger partial charge in [-0.05, 0) is 0 Å². The first-order valence-electron chi connectivity index (χ1n) is 4.66. The lowest BCUT2D eigenvalue weighted by Crippen LogP contribution is -2.31. The Balaban J connectivity index is 2.15. The number of aromatic nitrogens is 1. The van der Waals surface area contributed by atoms with Crippen LogP contribution in [0.3, 0.4) is 0 Å². The molecule has 2 heterocycles. The molecule has 5 nitrogen and oxygen atoms in total. The van der Waals surface area contributed by atoms with Gasteiger partial charge in [0.15, 0.2) is 0 Å². The van der Waals surface area contributed by atoms with Crippen molar-refractivity contribution >= 4 is 11.9 Å². The second kappa shape index (κ2) is 3.32. The summed E-state index contributed by atoms with van der Waals surface area (Å²) >= 11 is 0. The SMILES string of the molecule is CC(=O)N1CCc2nc(N)oc2CC1. The molecule has 0 aromatic carbocycles. The van der Waals surface area contributed by atoms with Gasteiger partial charge in [0.1, 0.15) is 5.76 Å². The number of hydrogen-bond acceptors (Lipinski definition) is 4. The van der Waals surface area contributed by atoms with Crippen LogP contribution in [0.25, 0.3) is 0 Å². The van der Waals surface area contributed by atoms with Gasteiger partial charge in [-0.2, -0.15) is 4.98 Å². The molecule has 0 saturated carbocycles. The summed E-state index contributed by atoms with van der Waals surface area (Å²) in [5.41, 5.74) is 6.34. The Bertz CT molecular complexity index is 333. The van der Waals surface area contributed by atoms with E-state index in [2.05, 4.69) is 4.98 Å². The van der Waals surface area contributed by atoms with Crippen LogP contribution >= 0.6 is 0 Å². The fraction of sp³-hybridized carbons (Fsp3) is 0.556. The number of amides is 1. The number of nitrogens with two attached hydrogens (primary N) is 1. The third-order valence-electron chi connectivity index (χ3n) is 2.47. The van der Waals surface area contributed by atoms with Crippen molar-refractivity contribution in [1.82, 2.24) is 9.88 Å². The zero-order chi connectivity index (χ0) is 10.1. The van der Waals surface area contributed by atoms with E-state index >= 15 is 0 Å². The quantitative estimate of drug-likeness (QED) is 0.642. The molecule has 1 aromatic rings. The highest BCUT2D eigenvalue weighted by molar-refractivity contribution is 5.73. The molecule has 76 valence electrons. The largest absolute Gasteiger partial charge is 0.429 e. The molecular formula is C9H13N3O2. The molecule has 0 spiro atoms. The van der Waals surface area contributed by atoms with Crippen LogP contribution in [0.1, 0.15) is 18.4 Å². The van der Waals surface area contributed by atoms with Crippen LogP contribution in [-0.2, 0) is 17.6 Å². The van der Waals surface area contributed by atoms with Crippen LogP contribution < -0.4 is 5.73 Å². The van der Waals surface area contributed by atoms with Crippen LogP contribution in [0.5, 0.6) is 0 Å². The fourth-order valence-corrected chi connectivity index (χ4v) is 1.70. The lowest BCUT2D eigenvalue weighted by molar-refractivity contribution is -0.128. The molecule has 0 saturated heterocycles. The summed E-state index contributed by atoms with van der Waals surface area (Å²) in [7, 11) is 0. The third kappa shape index (κ3) is 1.57. The first-order valence-corrected chi connectivity index (χ1v) is 4.66. The predicted molar refractivity (Wildman–Crippen MR) is 50.6 cm³/mol. The van der Waals surface area contributed by atoms with E-state index in [4.69, 9.17) is 10.2 Å². The summed E-state index contributed by atoms with van der Waals surface area (Å²) in [6, 6.07) is 0.228. The smallest absolute Gasteiger partial charge is 0.292 e. The van der Waals surface area contributed by atoms with Crippen LogP contribution in [-0.4, -0.2) is 28.9 Å². The van der Waals surface area contributed by atoms with Crippen molar-refractivity contribution in [3.05, 3.63) is 11.5 Å². The van der Waals surface area contributed by atoms with Crippen LogP contribution in [0.2, 0.25) is 0 Å². The van der Waals surface area contributed by atoms with E-state index in [1.807, 2.05) is 0 Å². The molecule has 0 radical (unpaired) electrons. The van der Waals surface area contributed by atoms with Gasteiger partial charge in [0, 0.05) is 32.9 Å². The van der Waals surface area contributed by atoms with E-state index in [9.17, 15) is 4.79 Å². The molecule has 0 aliphatic carbocycles. The highest BCUT2D eigenvalue weighted by Gasteiger charge is 2.19. The number of carbonyl (C=O) groups is 1. The van der Waals surface area contributed by atoms with E-state index in [1.165, 1.54) is 0 Å². The van der Waals surface area contributed by atoms with Gasteiger partial charge in [-0.1, -0.05) is 0 Å². The van der Waals surface area contributed by atoms with E-state index in [0.29, 0.717) is 19.5 Å². The molecule has 0 atom stereocenters. The lowest BCUT2D eigenvalue weighted by atomic mass is 10.2. The van der Waals surface area contributed by atoms with Gasteiger partial charge in [-0.15, -0.1) is 0 Å². The first-order chi connectivity index (χ1) is 6.66. The Hall–Kier alpha value is -1.52. The van der Waals surface area contributed by atoms with Crippen LogP contribution in [0.4, 0.5) is 6.01 Å². The molecule has 0 unspecified atom stereocenters. The average Bonchev–Trinajstić information content (AvgIpc) is 2.34. The molecule has 1 aliphatic heterocycles. The maximum Gasteiger partial charge on any atom is 0.292 e. The summed E-state index contributed by atoms with van der Waals surface area (Å²) in [6.07, 6.45) is 1.44. The zero-order valence-corrected chi connectivity index (χ0v) is 8.12. The zero-order valence-electron chi connectivity index (χ0n) is 8.12. The first kappa shape index (κ1) is 9.05. The number of anilines is 1. The highest BCUT2D eigenvalue weighted by Crippen LogP contribution is 2.17. The Morgan fingerprint density at radius 2 is 2.21 bits per heavy atom. The molecule has 0 fully saturated rings. The minimum atomic E-state index is 0.100. The van der Waals surface area contributed by atoms with Gasteiger partial charge in [-0.3, -0.25) is 4.79 Å². The number of oxazole rings is 1. The van der Waals surface area contributed by atoms with Crippen molar-refractivity contribution in [3.8, 4) is 0 Å². The van der Waals surface area contributed by atoms with E-state index in [0.717, 1.165) is 17.9 Å². The summed E-state index contributed by atoms with van der Waals surface area (Å²) < 4.78 is 5.24. The van der Waals surface area contributed by atoms with Gasteiger partial charge in [0.25, 0.3) is 6.01 Å². The number of hydrogen-bond donors (Lipinski definition) is 1. The van der Waals surface area contributed by atoms with E-state index in [1.54, 1.807) is 11.8 Å². The van der Waals surface area contributed by atoms with Crippen molar-refractivity contribution < 1.29 is 9.21 Å². The minimum Gasteiger partial charge on any atom is -0.429 e. The Morgan fingerprint density at radius 1 is 1.50 bits per heavy atom. The van der Waals surface area contributed by atoms with Gasteiger partial charge in [-0.25, -0.2) is 0 Å². The Kier molecular flexibility index (Phi) is 2.15. The number of rotatable bonds is 0. The lowest BCUT2D eigenvalue weighted by Gasteiger charge is -2.17.